The summed E-state index contributed by atoms with van der Waals surface area (Å²) in [6, 6.07) is 12.5. The lowest BCUT2D eigenvalue weighted by Crippen LogP contribution is -1.95. The monoisotopic (exact) mass is 336 g/mol. The SMILES string of the molecule is Cc1ccc(C(Br)c2ccc3c(c2)CCO3)c(Cl)c1. The number of aryl methyl sites for hydroxylation is 1. The number of hydrogen-bond acceptors (Lipinski definition) is 1. The fourth-order valence-electron chi connectivity index (χ4n) is 2.38. The zero-order valence-corrected chi connectivity index (χ0v) is 13.0. The molecule has 0 bridgehead atoms. The molecule has 0 N–H and O–H groups in total. The fraction of sp³-hybridized carbons (Fsp3) is 0.250. The summed E-state index contributed by atoms with van der Waals surface area (Å²) in [5, 5.41) is 0.804. The zero-order valence-electron chi connectivity index (χ0n) is 10.6. The van der Waals surface area contributed by atoms with Crippen molar-refractivity contribution in [2.75, 3.05) is 6.61 Å². The van der Waals surface area contributed by atoms with Crippen LogP contribution in [0.2, 0.25) is 5.02 Å². The topological polar surface area (TPSA) is 9.23 Å². The highest BCUT2D eigenvalue weighted by Gasteiger charge is 2.18. The van der Waals surface area contributed by atoms with Gasteiger partial charge in [0.2, 0.25) is 0 Å². The highest BCUT2D eigenvalue weighted by molar-refractivity contribution is 9.09. The van der Waals surface area contributed by atoms with E-state index in [2.05, 4.69) is 40.2 Å². The molecular weight excluding hydrogens is 324 g/mol. The lowest BCUT2D eigenvalue weighted by molar-refractivity contribution is 0.357. The third-order valence-corrected chi connectivity index (χ3v) is 4.78. The average molecular weight is 338 g/mol. The molecule has 1 heterocycles. The molecular formula is C16H14BrClO. The molecule has 1 aliphatic heterocycles. The van der Waals surface area contributed by atoms with E-state index in [1.807, 2.05) is 19.1 Å². The largest absolute Gasteiger partial charge is 0.493 e. The molecule has 0 saturated carbocycles. The van der Waals surface area contributed by atoms with Gasteiger partial charge in [0, 0.05) is 11.4 Å². The molecule has 98 valence electrons. The van der Waals surface area contributed by atoms with Gasteiger partial charge in [-0.15, -0.1) is 0 Å². The Labute approximate surface area is 126 Å². The van der Waals surface area contributed by atoms with E-state index in [-0.39, 0.29) is 4.83 Å². The van der Waals surface area contributed by atoms with Gasteiger partial charge in [0.05, 0.1) is 11.4 Å². The van der Waals surface area contributed by atoms with E-state index in [9.17, 15) is 0 Å². The standard InChI is InChI=1S/C16H14BrClO/c1-10-2-4-13(14(18)8-10)16(17)12-3-5-15-11(9-12)6-7-19-15/h2-5,8-9,16H,6-7H2,1H3. The van der Waals surface area contributed by atoms with Crippen LogP contribution < -0.4 is 4.74 Å². The first-order chi connectivity index (χ1) is 9.15. The Bertz CT molecular complexity index is 624. The summed E-state index contributed by atoms with van der Waals surface area (Å²) >= 11 is 10.1. The number of alkyl halides is 1. The second-order valence-electron chi connectivity index (χ2n) is 4.85. The van der Waals surface area contributed by atoms with E-state index in [1.54, 1.807) is 0 Å². The van der Waals surface area contributed by atoms with Gasteiger partial charge in [-0.25, -0.2) is 0 Å². The molecule has 0 spiro atoms. The van der Waals surface area contributed by atoms with Crippen molar-refractivity contribution in [3.8, 4) is 5.75 Å². The molecule has 0 aromatic heterocycles. The Balaban J connectivity index is 1.97. The molecule has 0 amide bonds. The Morgan fingerprint density at radius 1 is 1.21 bits per heavy atom. The minimum absolute atomic E-state index is 0.117. The highest BCUT2D eigenvalue weighted by Crippen LogP contribution is 2.38. The van der Waals surface area contributed by atoms with Gasteiger partial charge < -0.3 is 4.74 Å². The maximum atomic E-state index is 6.34. The van der Waals surface area contributed by atoms with E-state index in [4.69, 9.17) is 16.3 Å². The molecule has 1 unspecified atom stereocenters. The first-order valence-corrected chi connectivity index (χ1v) is 7.60. The van der Waals surface area contributed by atoms with E-state index < -0.39 is 0 Å². The number of ether oxygens (including phenoxy) is 1. The summed E-state index contributed by atoms with van der Waals surface area (Å²) in [6.45, 7) is 2.84. The van der Waals surface area contributed by atoms with Crippen LogP contribution in [0, 0.1) is 6.92 Å². The second-order valence-corrected chi connectivity index (χ2v) is 6.18. The molecule has 0 saturated heterocycles. The molecule has 3 rings (SSSR count). The van der Waals surface area contributed by atoms with Crippen molar-refractivity contribution in [3.05, 3.63) is 63.7 Å². The maximum absolute atomic E-state index is 6.34. The molecule has 0 fully saturated rings. The summed E-state index contributed by atoms with van der Waals surface area (Å²) in [7, 11) is 0. The van der Waals surface area contributed by atoms with Gasteiger partial charge in [0.25, 0.3) is 0 Å². The van der Waals surface area contributed by atoms with Gasteiger partial charge >= 0.3 is 0 Å². The number of benzene rings is 2. The van der Waals surface area contributed by atoms with Crippen LogP contribution in [0.15, 0.2) is 36.4 Å². The van der Waals surface area contributed by atoms with Crippen molar-refractivity contribution in [2.45, 2.75) is 18.2 Å². The van der Waals surface area contributed by atoms with Crippen molar-refractivity contribution in [3.63, 3.8) is 0 Å². The predicted octanol–water partition coefficient (Wildman–Crippen LogP) is 5.07. The van der Waals surface area contributed by atoms with Crippen LogP contribution in [0.4, 0.5) is 0 Å². The summed E-state index contributed by atoms with van der Waals surface area (Å²) < 4.78 is 5.54. The average Bonchev–Trinajstić information content (AvgIpc) is 2.85. The lowest BCUT2D eigenvalue weighted by atomic mass is 10.0. The molecule has 19 heavy (non-hydrogen) atoms. The van der Waals surface area contributed by atoms with Crippen LogP contribution in [-0.2, 0) is 6.42 Å². The molecule has 3 heteroatoms. The van der Waals surface area contributed by atoms with Crippen molar-refractivity contribution in [1.29, 1.82) is 0 Å². The third-order valence-electron chi connectivity index (χ3n) is 3.44. The van der Waals surface area contributed by atoms with Crippen LogP contribution in [0.5, 0.6) is 5.75 Å². The smallest absolute Gasteiger partial charge is 0.122 e. The van der Waals surface area contributed by atoms with Crippen LogP contribution in [0.1, 0.15) is 27.1 Å². The molecule has 0 radical (unpaired) electrons. The molecule has 1 atom stereocenters. The third kappa shape index (κ3) is 2.52. The van der Waals surface area contributed by atoms with Gasteiger partial charge in [-0.1, -0.05) is 51.8 Å². The van der Waals surface area contributed by atoms with Gasteiger partial charge in [0.15, 0.2) is 0 Å². The van der Waals surface area contributed by atoms with E-state index in [0.717, 1.165) is 29.4 Å². The maximum Gasteiger partial charge on any atom is 0.122 e. The summed E-state index contributed by atoms with van der Waals surface area (Å²) in [4.78, 5) is 0.117. The molecule has 0 aliphatic carbocycles. The number of hydrogen-bond donors (Lipinski definition) is 0. The lowest BCUT2D eigenvalue weighted by Gasteiger charge is -2.14. The molecule has 2 aromatic carbocycles. The Hall–Kier alpha value is -0.990. The van der Waals surface area contributed by atoms with Crippen molar-refractivity contribution >= 4 is 27.5 Å². The number of halogens is 2. The second kappa shape index (κ2) is 5.18. The Morgan fingerprint density at radius 3 is 2.84 bits per heavy atom. The first-order valence-electron chi connectivity index (χ1n) is 6.31. The van der Waals surface area contributed by atoms with Crippen LogP contribution in [-0.4, -0.2) is 6.61 Å². The van der Waals surface area contributed by atoms with Crippen molar-refractivity contribution in [2.24, 2.45) is 0 Å². The summed E-state index contributed by atoms with van der Waals surface area (Å²) in [5.74, 6) is 1.01. The van der Waals surface area contributed by atoms with Gasteiger partial charge in [-0.3, -0.25) is 0 Å². The normalized spacial score (nSPS) is 14.9. The van der Waals surface area contributed by atoms with E-state index in [0.29, 0.717) is 0 Å². The van der Waals surface area contributed by atoms with E-state index in [1.165, 1.54) is 16.7 Å². The van der Waals surface area contributed by atoms with Gasteiger partial charge in [-0.05, 0) is 41.3 Å². The molecule has 1 aliphatic rings. The Kier molecular flexibility index (Phi) is 3.55. The van der Waals surface area contributed by atoms with Crippen molar-refractivity contribution in [1.82, 2.24) is 0 Å². The summed E-state index contributed by atoms with van der Waals surface area (Å²) in [6.07, 6.45) is 0.991. The van der Waals surface area contributed by atoms with Crippen molar-refractivity contribution < 1.29 is 4.74 Å². The minimum Gasteiger partial charge on any atom is -0.493 e. The zero-order chi connectivity index (χ0) is 13.4. The predicted molar refractivity (Wildman–Crippen MR) is 82.6 cm³/mol. The number of rotatable bonds is 2. The minimum atomic E-state index is 0.117. The van der Waals surface area contributed by atoms with E-state index >= 15 is 0 Å². The molecule has 1 nitrogen and oxygen atoms in total. The first kappa shape index (κ1) is 13.0. The fourth-order valence-corrected chi connectivity index (χ4v) is 3.54. The Morgan fingerprint density at radius 2 is 2.05 bits per heavy atom. The number of fused-ring (bicyclic) bond motifs is 1. The van der Waals surface area contributed by atoms with Crippen LogP contribution in [0.25, 0.3) is 0 Å². The van der Waals surface area contributed by atoms with Gasteiger partial charge in [0.1, 0.15) is 5.75 Å². The van der Waals surface area contributed by atoms with Crippen LogP contribution >= 0.6 is 27.5 Å². The van der Waals surface area contributed by atoms with Crippen LogP contribution in [0.3, 0.4) is 0 Å². The van der Waals surface area contributed by atoms with Gasteiger partial charge in [-0.2, -0.15) is 0 Å². The quantitative estimate of drug-likeness (QED) is 0.695. The molecule has 2 aromatic rings. The highest BCUT2D eigenvalue weighted by atomic mass is 79.9. The summed E-state index contributed by atoms with van der Waals surface area (Å²) in [5.41, 5.74) is 4.78.